The highest BCUT2D eigenvalue weighted by Crippen LogP contribution is 2.29. The molecule has 0 aliphatic heterocycles. The smallest absolute Gasteiger partial charge is 0.224 e. The molecule has 0 unspecified atom stereocenters. The maximum absolute atomic E-state index is 5.59. The van der Waals surface area contributed by atoms with Crippen molar-refractivity contribution >= 4 is 33.6 Å². The summed E-state index contributed by atoms with van der Waals surface area (Å²) < 4.78 is 6.07. The van der Waals surface area contributed by atoms with Crippen molar-refractivity contribution in [1.82, 2.24) is 9.97 Å². The molecule has 0 saturated carbocycles. The second kappa shape index (κ2) is 5.37. The Morgan fingerprint density at radius 1 is 1.29 bits per heavy atom. The lowest BCUT2D eigenvalue weighted by Gasteiger charge is -2.04. The number of hydrogen-bond acceptors (Lipinski definition) is 5. The fraction of sp³-hybridized carbons (Fsp3) is 0.0909. The number of anilines is 1. The molecule has 1 aromatic heterocycles. The summed E-state index contributed by atoms with van der Waals surface area (Å²) in [5.41, 5.74) is 5.59. The molecule has 4 nitrogen and oxygen atoms in total. The number of ether oxygens (including phenoxy) is 1. The van der Waals surface area contributed by atoms with Crippen molar-refractivity contribution < 1.29 is 4.74 Å². The molecule has 0 radical (unpaired) electrons. The van der Waals surface area contributed by atoms with E-state index >= 15 is 0 Å². The number of nitrogens with zero attached hydrogens (tertiary/aromatic N) is 2. The molecule has 6 heteroatoms. The Morgan fingerprint density at radius 2 is 2.12 bits per heavy atom. The van der Waals surface area contributed by atoms with Crippen LogP contribution in [0.4, 0.5) is 5.95 Å². The number of nitrogen functional groups attached to an aromatic ring is 1. The quantitative estimate of drug-likeness (QED) is 0.883. The molecule has 1 aromatic carbocycles. The van der Waals surface area contributed by atoms with E-state index in [1.165, 1.54) is 11.8 Å². The normalized spacial score (nSPS) is 10.2. The van der Waals surface area contributed by atoms with E-state index in [0.29, 0.717) is 5.88 Å². The van der Waals surface area contributed by atoms with Crippen molar-refractivity contribution in [2.24, 2.45) is 0 Å². The first-order valence-corrected chi connectivity index (χ1v) is 6.40. The van der Waals surface area contributed by atoms with Gasteiger partial charge in [0.1, 0.15) is 5.03 Å². The molecule has 88 valence electrons. The van der Waals surface area contributed by atoms with Gasteiger partial charge in [0.25, 0.3) is 0 Å². The maximum atomic E-state index is 5.59. The second-order valence-corrected chi connectivity index (χ2v) is 5.18. The zero-order chi connectivity index (χ0) is 12.3. The fourth-order valence-corrected chi connectivity index (χ4v) is 2.65. The second-order valence-electron chi connectivity index (χ2n) is 3.17. The van der Waals surface area contributed by atoms with Crippen LogP contribution in [0.25, 0.3) is 0 Å². The van der Waals surface area contributed by atoms with Crippen LogP contribution in [0, 0.1) is 0 Å². The van der Waals surface area contributed by atoms with Gasteiger partial charge in [-0.3, -0.25) is 0 Å². The Balaban J connectivity index is 2.26. The lowest BCUT2D eigenvalue weighted by Crippen LogP contribution is -1.98. The van der Waals surface area contributed by atoms with E-state index in [4.69, 9.17) is 10.5 Å². The summed E-state index contributed by atoms with van der Waals surface area (Å²) in [5, 5.41) is 0.757. The molecule has 0 fully saturated rings. The Morgan fingerprint density at radius 3 is 2.82 bits per heavy atom. The first-order chi connectivity index (χ1) is 8.17. The van der Waals surface area contributed by atoms with Crippen LogP contribution in [0.5, 0.6) is 5.88 Å². The summed E-state index contributed by atoms with van der Waals surface area (Å²) in [5.74, 6) is 0.678. The van der Waals surface area contributed by atoms with Gasteiger partial charge in [0.2, 0.25) is 11.8 Å². The molecule has 0 spiro atoms. The van der Waals surface area contributed by atoms with Crippen molar-refractivity contribution in [2.45, 2.75) is 9.92 Å². The number of nitrogens with two attached hydrogens (primary N) is 1. The summed E-state index contributed by atoms with van der Waals surface area (Å²) >= 11 is 4.93. The largest absolute Gasteiger partial charge is 0.481 e. The Bertz CT molecular complexity index is 536. The first-order valence-electron chi connectivity index (χ1n) is 4.79. The molecule has 0 bridgehead atoms. The van der Waals surface area contributed by atoms with E-state index in [1.54, 1.807) is 13.2 Å². The molecule has 2 rings (SSSR count). The zero-order valence-electron chi connectivity index (χ0n) is 9.05. The molecule has 0 aliphatic rings. The van der Waals surface area contributed by atoms with Crippen molar-refractivity contribution in [3.8, 4) is 5.88 Å². The van der Waals surface area contributed by atoms with Gasteiger partial charge in [0.05, 0.1) is 7.11 Å². The average molecular weight is 312 g/mol. The Labute approximate surface area is 112 Å². The molecular weight excluding hydrogens is 302 g/mol. The predicted molar refractivity (Wildman–Crippen MR) is 71.3 cm³/mol. The molecule has 0 saturated heterocycles. The number of aromatic nitrogens is 2. The van der Waals surface area contributed by atoms with Gasteiger partial charge in [-0.1, -0.05) is 33.8 Å². The van der Waals surface area contributed by atoms with Gasteiger partial charge in [0.15, 0.2) is 0 Å². The zero-order valence-corrected chi connectivity index (χ0v) is 11.5. The lowest BCUT2D eigenvalue weighted by molar-refractivity contribution is 0.396. The van der Waals surface area contributed by atoms with Crippen LogP contribution in [0.3, 0.4) is 0 Å². The third-order valence-corrected chi connectivity index (χ3v) is 3.33. The molecule has 2 aromatic rings. The molecular formula is C11H10BrN3OS. The fourth-order valence-electron chi connectivity index (χ4n) is 1.23. The van der Waals surface area contributed by atoms with E-state index in [1.807, 2.05) is 24.3 Å². The van der Waals surface area contributed by atoms with E-state index in [2.05, 4.69) is 25.9 Å². The van der Waals surface area contributed by atoms with Crippen molar-refractivity contribution in [3.05, 3.63) is 34.8 Å². The third-order valence-electron chi connectivity index (χ3n) is 1.92. The minimum atomic E-state index is 0.210. The third kappa shape index (κ3) is 3.34. The van der Waals surface area contributed by atoms with Crippen LogP contribution < -0.4 is 10.5 Å². The van der Waals surface area contributed by atoms with Crippen LogP contribution in [-0.4, -0.2) is 17.1 Å². The van der Waals surface area contributed by atoms with E-state index in [-0.39, 0.29) is 5.95 Å². The summed E-state index contributed by atoms with van der Waals surface area (Å²) in [6, 6.07) is 9.70. The van der Waals surface area contributed by atoms with Gasteiger partial charge in [0, 0.05) is 15.4 Å². The highest BCUT2D eigenvalue weighted by molar-refractivity contribution is 9.10. The van der Waals surface area contributed by atoms with Crippen LogP contribution in [-0.2, 0) is 0 Å². The standard InChI is InChI=1S/C11H10BrN3OS/c1-16-9-6-10(15-11(13)14-9)17-8-4-2-3-7(12)5-8/h2-6H,1H3,(H2,13,14,15). The molecule has 2 N–H and O–H groups in total. The van der Waals surface area contributed by atoms with Crippen molar-refractivity contribution in [1.29, 1.82) is 0 Å². The van der Waals surface area contributed by atoms with Crippen LogP contribution in [0.2, 0.25) is 0 Å². The molecule has 17 heavy (non-hydrogen) atoms. The minimum Gasteiger partial charge on any atom is -0.481 e. The summed E-state index contributed by atoms with van der Waals surface area (Å²) in [7, 11) is 1.55. The minimum absolute atomic E-state index is 0.210. The Hall–Kier alpha value is -1.27. The van der Waals surface area contributed by atoms with Gasteiger partial charge >= 0.3 is 0 Å². The average Bonchev–Trinajstić information content (AvgIpc) is 2.28. The summed E-state index contributed by atoms with van der Waals surface area (Å²) in [4.78, 5) is 9.14. The van der Waals surface area contributed by atoms with E-state index in [0.717, 1.165) is 14.4 Å². The molecule has 0 aliphatic carbocycles. The van der Waals surface area contributed by atoms with Crippen LogP contribution in [0.1, 0.15) is 0 Å². The summed E-state index contributed by atoms with van der Waals surface area (Å²) in [6.45, 7) is 0. The van der Waals surface area contributed by atoms with Gasteiger partial charge < -0.3 is 10.5 Å². The monoisotopic (exact) mass is 311 g/mol. The number of rotatable bonds is 3. The SMILES string of the molecule is COc1cc(Sc2cccc(Br)c2)nc(N)n1. The van der Waals surface area contributed by atoms with Gasteiger partial charge in [-0.15, -0.1) is 0 Å². The van der Waals surface area contributed by atoms with Crippen LogP contribution in [0.15, 0.2) is 44.7 Å². The predicted octanol–water partition coefficient (Wildman–Crippen LogP) is 2.98. The first kappa shape index (κ1) is 12.2. The molecule has 0 amide bonds. The highest BCUT2D eigenvalue weighted by Gasteiger charge is 2.04. The summed E-state index contributed by atoms with van der Waals surface area (Å²) in [6.07, 6.45) is 0. The molecule has 1 heterocycles. The van der Waals surface area contributed by atoms with Crippen molar-refractivity contribution in [2.75, 3.05) is 12.8 Å². The van der Waals surface area contributed by atoms with E-state index in [9.17, 15) is 0 Å². The topological polar surface area (TPSA) is 61.0 Å². The number of hydrogen-bond donors (Lipinski definition) is 1. The highest BCUT2D eigenvalue weighted by atomic mass is 79.9. The lowest BCUT2D eigenvalue weighted by atomic mass is 10.4. The maximum Gasteiger partial charge on any atom is 0.224 e. The Kier molecular flexibility index (Phi) is 3.86. The number of benzene rings is 1. The van der Waals surface area contributed by atoms with Gasteiger partial charge in [-0.2, -0.15) is 4.98 Å². The van der Waals surface area contributed by atoms with Crippen LogP contribution >= 0.6 is 27.7 Å². The number of methoxy groups -OCH3 is 1. The van der Waals surface area contributed by atoms with Gasteiger partial charge in [-0.25, -0.2) is 4.98 Å². The molecule has 0 atom stereocenters. The van der Waals surface area contributed by atoms with Gasteiger partial charge in [-0.05, 0) is 18.2 Å². The van der Waals surface area contributed by atoms with E-state index < -0.39 is 0 Å². The van der Waals surface area contributed by atoms with Crippen molar-refractivity contribution in [3.63, 3.8) is 0 Å². The number of halogens is 1.